The maximum atomic E-state index is 13.1. The van der Waals surface area contributed by atoms with Gasteiger partial charge in [-0.25, -0.2) is 0 Å². The number of hydrogen-bond acceptors (Lipinski definition) is 4. The summed E-state index contributed by atoms with van der Waals surface area (Å²) < 4.78 is 11.5. The molecule has 0 aromatic heterocycles. The van der Waals surface area contributed by atoms with E-state index >= 15 is 0 Å². The average Bonchev–Trinajstić information content (AvgIpc) is 2.96. The van der Waals surface area contributed by atoms with Gasteiger partial charge in [0.25, 0.3) is 11.8 Å². The van der Waals surface area contributed by atoms with Crippen molar-refractivity contribution in [3.63, 3.8) is 0 Å². The maximum Gasteiger partial charge on any atom is 0.264 e. The van der Waals surface area contributed by atoms with Crippen molar-refractivity contribution < 1.29 is 19.1 Å². The van der Waals surface area contributed by atoms with Crippen LogP contribution >= 0.6 is 11.6 Å². The largest absolute Gasteiger partial charge is 0.484 e. The quantitative estimate of drug-likeness (QED) is 0.531. The zero-order valence-corrected chi connectivity index (χ0v) is 19.0. The van der Waals surface area contributed by atoms with E-state index < -0.39 is 6.10 Å². The summed E-state index contributed by atoms with van der Waals surface area (Å²) in [5, 5.41) is 3.46. The molecular formula is C26H25ClN2O4. The summed E-state index contributed by atoms with van der Waals surface area (Å²) >= 11 is 6.33. The van der Waals surface area contributed by atoms with Crippen LogP contribution in [0.15, 0.2) is 72.8 Å². The lowest BCUT2D eigenvalue weighted by Crippen LogP contribution is -2.38. The van der Waals surface area contributed by atoms with E-state index in [2.05, 4.69) is 5.32 Å². The highest BCUT2D eigenvalue weighted by Gasteiger charge is 2.30. The van der Waals surface area contributed by atoms with Gasteiger partial charge in [0.15, 0.2) is 12.7 Å². The van der Waals surface area contributed by atoms with E-state index in [-0.39, 0.29) is 18.4 Å². The Labute approximate surface area is 198 Å². The van der Waals surface area contributed by atoms with Gasteiger partial charge < -0.3 is 19.7 Å². The van der Waals surface area contributed by atoms with Crippen LogP contribution in [0.2, 0.25) is 5.02 Å². The van der Waals surface area contributed by atoms with Gasteiger partial charge in [-0.2, -0.15) is 0 Å². The number of anilines is 1. The third kappa shape index (κ3) is 5.65. The Hall–Kier alpha value is -3.51. The van der Waals surface area contributed by atoms with Crippen molar-refractivity contribution in [2.75, 3.05) is 11.9 Å². The number of carbonyl (C=O) groups is 2. The first-order valence-electron chi connectivity index (χ1n) is 10.8. The normalized spacial score (nSPS) is 15.3. The van der Waals surface area contributed by atoms with E-state index in [0.717, 1.165) is 11.1 Å². The Balaban J connectivity index is 1.50. The molecule has 0 fully saturated rings. The summed E-state index contributed by atoms with van der Waals surface area (Å²) in [7, 11) is 0. The number of hydrogen-bond donors (Lipinski definition) is 1. The Bertz CT molecular complexity index is 1140. The molecule has 2 amide bonds. The van der Waals surface area contributed by atoms with Crippen LogP contribution < -0.4 is 14.8 Å². The molecule has 4 rings (SSSR count). The Morgan fingerprint density at radius 3 is 2.64 bits per heavy atom. The molecule has 0 spiro atoms. The minimum absolute atomic E-state index is 0.0875. The van der Waals surface area contributed by atoms with Crippen LogP contribution in [0.5, 0.6) is 11.5 Å². The van der Waals surface area contributed by atoms with Gasteiger partial charge >= 0.3 is 0 Å². The minimum Gasteiger partial charge on any atom is -0.484 e. The number of nitrogens with zero attached hydrogens (tertiary/aromatic N) is 1. The van der Waals surface area contributed by atoms with Crippen LogP contribution in [0.1, 0.15) is 24.5 Å². The molecule has 0 saturated carbocycles. The van der Waals surface area contributed by atoms with E-state index in [9.17, 15) is 9.59 Å². The molecule has 0 radical (unpaired) electrons. The third-order valence-electron chi connectivity index (χ3n) is 5.36. The molecule has 3 aromatic carbocycles. The van der Waals surface area contributed by atoms with Crippen molar-refractivity contribution in [3.8, 4) is 11.5 Å². The number of benzene rings is 3. The van der Waals surface area contributed by atoms with Gasteiger partial charge in [0.1, 0.15) is 11.5 Å². The van der Waals surface area contributed by atoms with Gasteiger partial charge in [0, 0.05) is 29.4 Å². The summed E-state index contributed by atoms with van der Waals surface area (Å²) in [6, 6.07) is 22.0. The lowest BCUT2D eigenvalue weighted by atomic mass is 10.1. The number of halogens is 1. The Morgan fingerprint density at radius 1 is 1.12 bits per heavy atom. The van der Waals surface area contributed by atoms with Crippen LogP contribution in [0, 0.1) is 0 Å². The molecule has 0 saturated heterocycles. The second-order valence-corrected chi connectivity index (χ2v) is 8.18. The first-order chi connectivity index (χ1) is 16.0. The SMILES string of the molecule is CCC1Oc2ccc(NC(=O)COc3ccccc3)cc2CN(Cc2ccccc2Cl)C1=O. The molecule has 0 bridgehead atoms. The number of nitrogens with one attached hydrogen (secondary N) is 1. The molecule has 170 valence electrons. The van der Waals surface area contributed by atoms with Crippen molar-refractivity contribution in [2.45, 2.75) is 32.5 Å². The van der Waals surface area contributed by atoms with Crippen molar-refractivity contribution in [1.82, 2.24) is 4.90 Å². The van der Waals surface area contributed by atoms with Crippen molar-refractivity contribution in [1.29, 1.82) is 0 Å². The molecule has 0 aliphatic carbocycles. The number of fused-ring (bicyclic) bond motifs is 1. The molecule has 33 heavy (non-hydrogen) atoms. The number of rotatable bonds is 7. The van der Waals surface area contributed by atoms with E-state index in [0.29, 0.717) is 41.7 Å². The summed E-state index contributed by atoms with van der Waals surface area (Å²) in [4.78, 5) is 27.2. The van der Waals surface area contributed by atoms with E-state index in [1.165, 1.54) is 0 Å². The standard InChI is InChI=1S/C26H25ClN2O4/c1-2-23-26(31)29(15-18-8-6-7-11-22(18)27)16-19-14-20(12-13-24(19)33-23)28-25(30)17-32-21-9-4-3-5-10-21/h3-14,23H,2,15-17H2,1H3,(H,28,30). The summed E-state index contributed by atoms with van der Waals surface area (Å²) in [6.07, 6.45) is -0.0273. The Morgan fingerprint density at radius 2 is 1.88 bits per heavy atom. The van der Waals surface area contributed by atoms with E-state index in [4.69, 9.17) is 21.1 Å². The molecule has 1 aliphatic heterocycles. The van der Waals surface area contributed by atoms with Crippen molar-refractivity contribution >= 4 is 29.1 Å². The molecule has 1 heterocycles. The Kier molecular flexibility index (Phi) is 7.15. The molecule has 1 aliphatic rings. The summed E-state index contributed by atoms with van der Waals surface area (Å²) in [5.74, 6) is 0.900. The summed E-state index contributed by atoms with van der Waals surface area (Å²) in [5.41, 5.74) is 2.29. The predicted octanol–water partition coefficient (Wildman–Crippen LogP) is 5.06. The fourth-order valence-corrected chi connectivity index (χ4v) is 3.87. The van der Waals surface area contributed by atoms with Crippen LogP contribution in [0.25, 0.3) is 0 Å². The van der Waals surface area contributed by atoms with Crippen LogP contribution in [0.3, 0.4) is 0 Å². The number of ether oxygens (including phenoxy) is 2. The number of amides is 2. The van der Waals surface area contributed by atoms with E-state index in [1.54, 1.807) is 29.2 Å². The van der Waals surface area contributed by atoms with Gasteiger partial charge in [-0.3, -0.25) is 9.59 Å². The smallest absolute Gasteiger partial charge is 0.264 e. The second-order valence-electron chi connectivity index (χ2n) is 7.77. The van der Waals surface area contributed by atoms with Gasteiger partial charge in [-0.1, -0.05) is 54.9 Å². The van der Waals surface area contributed by atoms with Crippen molar-refractivity contribution in [3.05, 3.63) is 88.9 Å². The molecule has 1 N–H and O–H groups in total. The van der Waals surface area contributed by atoms with Gasteiger partial charge in [-0.15, -0.1) is 0 Å². The third-order valence-corrected chi connectivity index (χ3v) is 5.73. The molecule has 1 atom stereocenters. The van der Waals surface area contributed by atoms with E-state index in [1.807, 2.05) is 55.5 Å². The molecule has 6 nitrogen and oxygen atoms in total. The molecule has 3 aromatic rings. The predicted molar refractivity (Wildman–Crippen MR) is 127 cm³/mol. The fraction of sp³-hybridized carbons (Fsp3) is 0.231. The fourth-order valence-electron chi connectivity index (χ4n) is 3.67. The zero-order valence-electron chi connectivity index (χ0n) is 18.3. The van der Waals surface area contributed by atoms with Crippen LogP contribution in [-0.4, -0.2) is 29.4 Å². The van der Waals surface area contributed by atoms with Crippen LogP contribution in [-0.2, 0) is 22.7 Å². The lowest BCUT2D eigenvalue weighted by Gasteiger charge is -2.23. The highest BCUT2D eigenvalue weighted by Crippen LogP contribution is 2.31. The molecule has 1 unspecified atom stereocenters. The average molecular weight is 465 g/mol. The minimum atomic E-state index is -0.576. The second kappa shape index (κ2) is 10.4. The summed E-state index contributed by atoms with van der Waals surface area (Å²) in [6.45, 7) is 2.54. The van der Waals surface area contributed by atoms with Crippen LogP contribution in [0.4, 0.5) is 5.69 Å². The van der Waals surface area contributed by atoms with Crippen molar-refractivity contribution in [2.24, 2.45) is 0 Å². The monoisotopic (exact) mass is 464 g/mol. The lowest BCUT2D eigenvalue weighted by molar-refractivity contribution is -0.139. The highest BCUT2D eigenvalue weighted by atomic mass is 35.5. The van der Waals surface area contributed by atoms with Gasteiger partial charge in [0.2, 0.25) is 0 Å². The molecule has 7 heteroatoms. The molecular weight excluding hydrogens is 440 g/mol. The highest BCUT2D eigenvalue weighted by molar-refractivity contribution is 6.31. The first-order valence-corrected chi connectivity index (χ1v) is 11.2. The zero-order chi connectivity index (χ0) is 23.2. The topological polar surface area (TPSA) is 67.9 Å². The number of carbonyl (C=O) groups excluding carboxylic acids is 2. The first kappa shape index (κ1) is 22.7. The maximum absolute atomic E-state index is 13.1. The number of para-hydroxylation sites is 1. The van der Waals surface area contributed by atoms with Gasteiger partial charge in [0.05, 0.1) is 0 Å². The van der Waals surface area contributed by atoms with Gasteiger partial charge in [-0.05, 0) is 48.4 Å².